The Morgan fingerprint density at radius 3 is 2.11 bits per heavy atom. The second-order valence-electron chi connectivity index (χ2n) is 8.13. The molecule has 7 heteroatoms. The fourth-order valence-corrected chi connectivity index (χ4v) is 3.97. The molecule has 0 bridgehead atoms. The number of hydrogen-bond acceptors (Lipinski definition) is 2. The van der Waals surface area contributed by atoms with Crippen LogP contribution in [0.15, 0.2) is 54.6 Å². The van der Waals surface area contributed by atoms with Crippen molar-refractivity contribution >= 4 is 10.8 Å². The zero-order valence-corrected chi connectivity index (χ0v) is 18.8. The van der Waals surface area contributed by atoms with Gasteiger partial charge in [-0.3, -0.25) is 0 Å². The van der Waals surface area contributed by atoms with Crippen LogP contribution in [0.4, 0.5) is 22.0 Å². The molecule has 4 rings (SSSR count). The van der Waals surface area contributed by atoms with Gasteiger partial charge < -0.3 is 4.74 Å². The highest BCUT2D eigenvalue weighted by Crippen LogP contribution is 2.33. The lowest BCUT2D eigenvalue weighted by atomic mass is 9.96. The van der Waals surface area contributed by atoms with Crippen LogP contribution in [0.1, 0.15) is 30.0 Å². The molecule has 0 aliphatic rings. The van der Waals surface area contributed by atoms with E-state index in [2.05, 4.69) is 0 Å². The second kappa shape index (κ2) is 10.1. The van der Waals surface area contributed by atoms with Crippen molar-refractivity contribution in [3.05, 3.63) is 100 Å². The first-order valence-corrected chi connectivity index (χ1v) is 11.0. The lowest BCUT2D eigenvalue weighted by Crippen LogP contribution is -2.00. The van der Waals surface area contributed by atoms with Crippen molar-refractivity contribution in [2.45, 2.75) is 26.2 Å². The number of hydrogen-bond donors (Lipinski definition) is 0. The standard InChI is InChI=1S/C28H20F5NO/c1-2-9-35-20-13-25(31)27(26(32)14-20)19-7-8-21-18(12-19)6-5-17(28(21)33)4-3-16-10-23(29)22(15-34)24(30)11-16/h5-8,10-14H,2-4,9H2,1H3. The molecule has 0 aliphatic carbocycles. The molecule has 0 spiro atoms. The fourth-order valence-electron chi connectivity index (χ4n) is 3.97. The highest BCUT2D eigenvalue weighted by Gasteiger charge is 2.17. The minimum Gasteiger partial charge on any atom is -0.493 e. The normalized spacial score (nSPS) is 11.0. The quantitative estimate of drug-likeness (QED) is 0.254. The maximum atomic E-state index is 15.2. The van der Waals surface area contributed by atoms with E-state index in [4.69, 9.17) is 10.00 Å². The maximum Gasteiger partial charge on any atom is 0.144 e. The molecule has 178 valence electrons. The highest BCUT2D eigenvalue weighted by atomic mass is 19.1. The summed E-state index contributed by atoms with van der Waals surface area (Å²) in [6.07, 6.45) is 1.02. The van der Waals surface area contributed by atoms with E-state index >= 15 is 4.39 Å². The predicted octanol–water partition coefficient (Wildman–Crippen LogP) is 7.65. The van der Waals surface area contributed by atoms with Gasteiger partial charge in [0.05, 0.1) is 12.2 Å². The van der Waals surface area contributed by atoms with Gasteiger partial charge in [-0.1, -0.05) is 31.2 Å². The smallest absolute Gasteiger partial charge is 0.144 e. The molecule has 0 aromatic heterocycles. The molecule has 2 nitrogen and oxygen atoms in total. The Kier molecular flexibility index (Phi) is 7.02. The van der Waals surface area contributed by atoms with E-state index in [1.807, 2.05) is 6.92 Å². The number of benzene rings is 4. The van der Waals surface area contributed by atoms with E-state index in [0.29, 0.717) is 29.5 Å². The topological polar surface area (TPSA) is 33.0 Å². The molecule has 0 fully saturated rings. The second-order valence-corrected chi connectivity index (χ2v) is 8.13. The zero-order chi connectivity index (χ0) is 25.1. The molecular weight excluding hydrogens is 461 g/mol. The van der Waals surface area contributed by atoms with Crippen LogP contribution in [0.25, 0.3) is 21.9 Å². The lowest BCUT2D eigenvalue weighted by molar-refractivity contribution is 0.314. The summed E-state index contributed by atoms with van der Waals surface area (Å²) in [6.45, 7) is 2.22. The van der Waals surface area contributed by atoms with Crippen LogP contribution in [-0.4, -0.2) is 6.61 Å². The van der Waals surface area contributed by atoms with Gasteiger partial charge in [0.1, 0.15) is 46.5 Å². The van der Waals surface area contributed by atoms with Crippen molar-refractivity contribution in [2.24, 2.45) is 0 Å². The summed E-state index contributed by atoms with van der Waals surface area (Å²) < 4.78 is 77.5. The largest absolute Gasteiger partial charge is 0.493 e. The zero-order valence-electron chi connectivity index (χ0n) is 18.8. The van der Waals surface area contributed by atoms with Crippen LogP contribution < -0.4 is 4.74 Å². The Bertz CT molecular complexity index is 1410. The third-order valence-electron chi connectivity index (χ3n) is 5.71. The van der Waals surface area contributed by atoms with Crippen LogP contribution in [0, 0.1) is 40.4 Å². The van der Waals surface area contributed by atoms with Crippen molar-refractivity contribution in [1.29, 1.82) is 5.26 Å². The highest BCUT2D eigenvalue weighted by molar-refractivity contribution is 5.88. The van der Waals surface area contributed by atoms with Crippen LogP contribution in [0.2, 0.25) is 0 Å². The average molecular weight is 481 g/mol. The van der Waals surface area contributed by atoms with E-state index in [1.165, 1.54) is 30.3 Å². The monoisotopic (exact) mass is 481 g/mol. The molecule has 0 saturated heterocycles. The van der Waals surface area contributed by atoms with Gasteiger partial charge in [0.2, 0.25) is 0 Å². The molecular formula is C28H20F5NO. The van der Waals surface area contributed by atoms with Crippen molar-refractivity contribution in [1.82, 2.24) is 0 Å². The number of nitriles is 1. The molecule has 0 saturated carbocycles. The van der Waals surface area contributed by atoms with Gasteiger partial charge in [-0.2, -0.15) is 5.26 Å². The van der Waals surface area contributed by atoms with E-state index in [1.54, 1.807) is 6.07 Å². The van der Waals surface area contributed by atoms with Crippen molar-refractivity contribution < 1.29 is 26.7 Å². The average Bonchev–Trinajstić information content (AvgIpc) is 2.82. The van der Waals surface area contributed by atoms with E-state index in [9.17, 15) is 17.6 Å². The summed E-state index contributed by atoms with van der Waals surface area (Å²) >= 11 is 0. The number of fused-ring (bicyclic) bond motifs is 1. The third-order valence-corrected chi connectivity index (χ3v) is 5.71. The molecule has 0 atom stereocenters. The van der Waals surface area contributed by atoms with Crippen LogP contribution in [0.5, 0.6) is 5.75 Å². The minimum atomic E-state index is -0.960. The van der Waals surface area contributed by atoms with Crippen LogP contribution >= 0.6 is 0 Å². The SMILES string of the molecule is CCCOc1cc(F)c(-c2ccc3c(F)c(CCc4cc(F)c(C#N)c(F)c4)ccc3c2)c(F)c1. The Hall–Kier alpha value is -3.92. The minimum absolute atomic E-state index is 0.101. The number of aryl methyl sites for hydroxylation is 2. The summed E-state index contributed by atoms with van der Waals surface area (Å²) in [7, 11) is 0. The molecule has 0 heterocycles. The van der Waals surface area contributed by atoms with Crippen molar-refractivity contribution in [3.8, 4) is 22.9 Å². The Balaban J connectivity index is 1.61. The van der Waals surface area contributed by atoms with Crippen molar-refractivity contribution in [3.63, 3.8) is 0 Å². The van der Waals surface area contributed by atoms with E-state index < -0.39 is 34.6 Å². The van der Waals surface area contributed by atoms with Crippen LogP contribution in [-0.2, 0) is 12.8 Å². The Morgan fingerprint density at radius 2 is 1.49 bits per heavy atom. The van der Waals surface area contributed by atoms with Gasteiger partial charge in [-0.25, -0.2) is 22.0 Å². The molecule has 0 amide bonds. The van der Waals surface area contributed by atoms with Gasteiger partial charge in [0, 0.05) is 17.5 Å². The number of nitrogens with zero attached hydrogens (tertiary/aromatic N) is 1. The number of rotatable bonds is 7. The third kappa shape index (κ3) is 4.97. The van der Waals surface area contributed by atoms with Gasteiger partial charge in [0.25, 0.3) is 0 Å². The predicted molar refractivity (Wildman–Crippen MR) is 124 cm³/mol. The summed E-state index contributed by atoms with van der Waals surface area (Å²) in [4.78, 5) is 0. The molecule has 4 aromatic carbocycles. The van der Waals surface area contributed by atoms with Gasteiger partial charge in [-0.15, -0.1) is 0 Å². The first-order chi connectivity index (χ1) is 16.8. The van der Waals surface area contributed by atoms with Crippen LogP contribution in [0.3, 0.4) is 0 Å². The summed E-state index contributed by atoms with van der Waals surface area (Å²) in [5.74, 6) is -3.90. The lowest BCUT2D eigenvalue weighted by Gasteiger charge is -2.12. The molecule has 0 radical (unpaired) electrons. The summed E-state index contributed by atoms with van der Waals surface area (Å²) in [5, 5.41) is 9.48. The summed E-state index contributed by atoms with van der Waals surface area (Å²) in [5.41, 5.74) is -0.0101. The molecule has 35 heavy (non-hydrogen) atoms. The fraction of sp³-hybridized carbons (Fsp3) is 0.179. The number of ether oxygens (including phenoxy) is 1. The van der Waals surface area contributed by atoms with E-state index in [-0.39, 0.29) is 35.1 Å². The van der Waals surface area contributed by atoms with Crippen molar-refractivity contribution in [2.75, 3.05) is 6.61 Å². The van der Waals surface area contributed by atoms with E-state index in [0.717, 1.165) is 24.3 Å². The summed E-state index contributed by atoms with van der Waals surface area (Å²) in [6, 6.07) is 13.4. The number of halogens is 5. The van der Waals surface area contributed by atoms with Gasteiger partial charge in [-0.05, 0) is 59.5 Å². The Labute approximate surface area is 199 Å². The van der Waals surface area contributed by atoms with Gasteiger partial charge >= 0.3 is 0 Å². The Morgan fingerprint density at radius 1 is 0.800 bits per heavy atom. The molecule has 0 unspecified atom stereocenters. The molecule has 0 N–H and O–H groups in total. The first-order valence-electron chi connectivity index (χ1n) is 11.0. The van der Waals surface area contributed by atoms with Gasteiger partial charge in [0.15, 0.2) is 0 Å². The first kappa shape index (κ1) is 24.2. The maximum absolute atomic E-state index is 15.2. The molecule has 0 aliphatic heterocycles. The molecule has 4 aromatic rings.